The van der Waals surface area contributed by atoms with Crippen LogP contribution in [0.1, 0.15) is 23.8 Å². The van der Waals surface area contributed by atoms with E-state index < -0.39 is 0 Å². The number of nitrogens with one attached hydrogen (secondary N) is 1. The summed E-state index contributed by atoms with van der Waals surface area (Å²) in [4.78, 5) is 19.6. The lowest BCUT2D eigenvalue weighted by Crippen LogP contribution is -2.39. The number of carbonyl (C=O) groups excluding carboxylic acids is 1. The number of hydrogen-bond acceptors (Lipinski definition) is 6. The smallest absolute Gasteiger partial charge is 0.238 e. The molecule has 5 rings (SSSR count). The second-order valence-electron chi connectivity index (χ2n) is 7.21. The van der Waals surface area contributed by atoms with Crippen LogP contribution in [0.15, 0.2) is 42.5 Å². The zero-order valence-corrected chi connectivity index (χ0v) is 16.2. The molecule has 6 nitrogen and oxygen atoms in total. The highest BCUT2D eigenvalue weighted by molar-refractivity contribution is 7.18. The van der Waals surface area contributed by atoms with Gasteiger partial charge < -0.3 is 14.8 Å². The average Bonchev–Trinajstić information content (AvgIpc) is 3.34. The molecule has 2 aliphatic rings. The minimum Gasteiger partial charge on any atom is -0.454 e. The third-order valence-electron chi connectivity index (χ3n) is 5.19. The number of anilines is 1. The van der Waals surface area contributed by atoms with Gasteiger partial charge in [-0.3, -0.25) is 9.69 Å². The SMILES string of the molecule is O=C(CN1CCCC(c2nc3ccccc3s2)C1)Nc1ccc2c(c1)OCO2. The van der Waals surface area contributed by atoms with Crippen LogP contribution in [0.3, 0.4) is 0 Å². The van der Waals surface area contributed by atoms with Crippen molar-refractivity contribution in [3.8, 4) is 11.5 Å². The Morgan fingerprint density at radius 1 is 1.21 bits per heavy atom. The van der Waals surface area contributed by atoms with Crippen molar-refractivity contribution in [3.05, 3.63) is 47.5 Å². The summed E-state index contributed by atoms with van der Waals surface area (Å²) in [6.45, 7) is 2.42. The predicted octanol–water partition coefficient (Wildman–Crippen LogP) is 3.84. The number of aromatic nitrogens is 1. The standard InChI is InChI=1S/C21H21N3O3S/c25-20(22-15-7-8-17-18(10-15)27-13-26-17)12-24-9-3-4-14(11-24)21-23-16-5-1-2-6-19(16)28-21/h1-2,5-8,10,14H,3-4,9,11-13H2,(H,22,25). The number of piperidine rings is 1. The van der Waals surface area contributed by atoms with Gasteiger partial charge in [-0.1, -0.05) is 12.1 Å². The Morgan fingerprint density at radius 2 is 2.11 bits per heavy atom. The number of rotatable bonds is 4. The van der Waals surface area contributed by atoms with E-state index in [0.29, 0.717) is 24.0 Å². The van der Waals surface area contributed by atoms with Crippen molar-refractivity contribution >= 4 is 33.1 Å². The van der Waals surface area contributed by atoms with Crippen LogP contribution in [0.2, 0.25) is 0 Å². The van der Waals surface area contributed by atoms with Crippen molar-refractivity contribution in [2.75, 3.05) is 31.7 Å². The Labute approximate surface area is 167 Å². The molecule has 3 aromatic rings. The van der Waals surface area contributed by atoms with Gasteiger partial charge in [-0.25, -0.2) is 4.98 Å². The van der Waals surface area contributed by atoms with Gasteiger partial charge in [0.15, 0.2) is 11.5 Å². The number of hydrogen-bond donors (Lipinski definition) is 1. The third-order valence-corrected chi connectivity index (χ3v) is 6.39. The van der Waals surface area contributed by atoms with Gasteiger partial charge in [0.05, 0.1) is 21.8 Å². The molecule has 0 saturated carbocycles. The Hall–Kier alpha value is -2.64. The van der Waals surface area contributed by atoms with Crippen LogP contribution in [-0.2, 0) is 4.79 Å². The van der Waals surface area contributed by atoms with Gasteiger partial charge in [0, 0.05) is 24.2 Å². The molecule has 2 aliphatic heterocycles. The molecule has 144 valence electrons. The van der Waals surface area contributed by atoms with E-state index in [2.05, 4.69) is 28.4 Å². The maximum Gasteiger partial charge on any atom is 0.238 e. The summed E-state index contributed by atoms with van der Waals surface area (Å²) >= 11 is 1.77. The Bertz CT molecular complexity index is 986. The minimum atomic E-state index is -0.0104. The highest BCUT2D eigenvalue weighted by atomic mass is 32.1. The van der Waals surface area contributed by atoms with E-state index in [0.717, 1.165) is 37.1 Å². The minimum absolute atomic E-state index is 0.0104. The first kappa shape index (κ1) is 17.5. The monoisotopic (exact) mass is 395 g/mol. The molecule has 0 spiro atoms. The Balaban J connectivity index is 1.22. The number of benzene rings is 2. The topological polar surface area (TPSA) is 63.7 Å². The fraction of sp³-hybridized carbons (Fsp3) is 0.333. The summed E-state index contributed by atoms with van der Waals surface area (Å²) in [5.41, 5.74) is 1.80. The molecule has 0 aliphatic carbocycles. The molecule has 0 radical (unpaired) electrons. The number of likely N-dealkylation sites (tertiary alicyclic amines) is 1. The number of para-hydroxylation sites is 1. The quantitative estimate of drug-likeness (QED) is 0.727. The summed E-state index contributed by atoms with van der Waals surface area (Å²) in [7, 11) is 0. The lowest BCUT2D eigenvalue weighted by Gasteiger charge is -2.31. The number of amides is 1. The summed E-state index contributed by atoms with van der Waals surface area (Å²) in [5, 5.41) is 4.15. The highest BCUT2D eigenvalue weighted by Gasteiger charge is 2.25. The lowest BCUT2D eigenvalue weighted by atomic mass is 9.99. The average molecular weight is 395 g/mol. The van der Waals surface area contributed by atoms with Crippen LogP contribution >= 0.6 is 11.3 Å². The molecule has 7 heteroatoms. The molecule has 3 heterocycles. The van der Waals surface area contributed by atoms with Crippen LogP contribution in [0, 0.1) is 0 Å². The maximum absolute atomic E-state index is 12.5. The van der Waals surface area contributed by atoms with Crippen molar-refractivity contribution in [1.29, 1.82) is 0 Å². The number of nitrogens with zero attached hydrogens (tertiary/aromatic N) is 2. The van der Waals surface area contributed by atoms with E-state index in [4.69, 9.17) is 14.5 Å². The van der Waals surface area contributed by atoms with E-state index in [9.17, 15) is 4.79 Å². The van der Waals surface area contributed by atoms with Gasteiger partial charge in [-0.05, 0) is 43.7 Å². The summed E-state index contributed by atoms with van der Waals surface area (Å²) in [6.07, 6.45) is 2.21. The summed E-state index contributed by atoms with van der Waals surface area (Å²) < 4.78 is 11.9. The first-order chi connectivity index (χ1) is 13.7. The number of fused-ring (bicyclic) bond motifs is 2. The van der Waals surface area contributed by atoms with Crippen LogP contribution in [0.5, 0.6) is 11.5 Å². The first-order valence-corrected chi connectivity index (χ1v) is 10.3. The third kappa shape index (κ3) is 3.55. The summed E-state index contributed by atoms with van der Waals surface area (Å²) in [6, 6.07) is 13.7. The molecule has 1 atom stereocenters. The molecule has 1 N–H and O–H groups in total. The van der Waals surface area contributed by atoms with Gasteiger partial charge in [-0.15, -0.1) is 11.3 Å². The van der Waals surface area contributed by atoms with Crippen molar-refractivity contribution < 1.29 is 14.3 Å². The second-order valence-corrected chi connectivity index (χ2v) is 8.27. The molecule has 1 unspecified atom stereocenters. The van der Waals surface area contributed by atoms with Crippen molar-refractivity contribution in [2.45, 2.75) is 18.8 Å². The van der Waals surface area contributed by atoms with E-state index in [1.165, 1.54) is 9.71 Å². The normalized spacial score (nSPS) is 19.1. The zero-order chi connectivity index (χ0) is 18.9. The zero-order valence-electron chi connectivity index (χ0n) is 15.4. The summed E-state index contributed by atoms with van der Waals surface area (Å²) in [5.74, 6) is 1.77. The molecule has 1 fully saturated rings. The first-order valence-electron chi connectivity index (χ1n) is 9.52. The van der Waals surface area contributed by atoms with Gasteiger partial charge in [0.1, 0.15) is 0 Å². The Kier molecular flexibility index (Phi) is 4.62. The fourth-order valence-electron chi connectivity index (χ4n) is 3.84. The van der Waals surface area contributed by atoms with Gasteiger partial charge in [-0.2, -0.15) is 0 Å². The molecule has 1 saturated heterocycles. The van der Waals surface area contributed by atoms with E-state index in [1.807, 2.05) is 18.2 Å². The number of ether oxygens (including phenoxy) is 2. The highest BCUT2D eigenvalue weighted by Crippen LogP contribution is 2.35. The van der Waals surface area contributed by atoms with Gasteiger partial charge in [0.25, 0.3) is 0 Å². The lowest BCUT2D eigenvalue weighted by molar-refractivity contribution is -0.117. The van der Waals surface area contributed by atoms with Gasteiger partial charge in [0.2, 0.25) is 12.7 Å². The Morgan fingerprint density at radius 3 is 3.04 bits per heavy atom. The molecular formula is C21H21N3O3S. The number of carbonyl (C=O) groups is 1. The van der Waals surface area contributed by atoms with E-state index in [-0.39, 0.29) is 12.7 Å². The molecular weight excluding hydrogens is 374 g/mol. The predicted molar refractivity (Wildman–Crippen MR) is 109 cm³/mol. The van der Waals surface area contributed by atoms with Crippen LogP contribution in [0.4, 0.5) is 5.69 Å². The van der Waals surface area contributed by atoms with Crippen LogP contribution in [0.25, 0.3) is 10.2 Å². The van der Waals surface area contributed by atoms with Crippen molar-refractivity contribution in [2.24, 2.45) is 0 Å². The molecule has 0 bridgehead atoms. The maximum atomic E-state index is 12.5. The number of thiazole rings is 1. The molecule has 1 aromatic heterocycles. The van der Waals surface area contributed by atoms with E-state index in [1.54, 1.807) is 17.4 Å². The molecule has 28 heavy (non-hydrogen) atoms. The fourth-order valence-corrected chi connectivity index (χ4v) is 4.94. The van der Waals surface area contributed by atoms with Crippen molar-refractivity contribution in [1.82, 2.24) is 9.88 Å². The van der Waals surface area contributed by atoms with Gasteiger partial charge >= 0.3 is 0 Å². The van der Waals surface area contributed by atoms with Crippen molar-refractivity contribution in [3.63, 3.8) is 0 Å². The largest absolute Gasteiger partial charge is 0.454 e. The second kappa shape index (κ2) is 7.41. The van der Waals surface area contributed by atoms with Crippen LogP contribution in [-0.4, -0.2) is 42.2 Å². The van der Waals surface area contributed by atoms with Crippen LogP contribution < -0.4 is 14.8 Å². The molecule has 1 amide bonds. The molecule has 2 aromatic carbocycles. The van der Waals surface area contributed by atoms with E-state index >= 15 is 0 Å².